The summed E-state index contributed by atoms with van der Waals surface area (Å²) in [6, 6.07) is 20.9. The van der Waals surface area contributed by atoms with E-state index in [9.17, 15) is 4.79 Å². The number of hydrogen-bond acceptors (Lipinski definition) is 6. The molecule has 0 saturated carbocycles. The second-order valence-electron chi connectivity index (χ2n) is 9.26. The van der Waals surface area contributed by atoms with E-state index < -0.39 is 33.0 Å². The number of carbonyl (C=O) groups excluding carboxylic acids is 1. The Bertz CT molecular complexity index is 858. The van der Waals surface area contributed by atoms with Crippen LogP contribution in [0.25, 0.3) is 0 Å². The van der Waals surface area contributed by atoms with E-state index in [0.29, 0.717) is 13.0 Å². The molecule has 0 N–H and O–H groups in total. The Hall–Kier alpha value is -2.19. The number of carbonyl (C=O) groups is 1. The number of benzene rings is 2. The summed E-state index contributed by atoms with van der Waals surface area (Å²) in [4.78, 5) is 11.8. The van der Waals surface area contributed by atoms with Crippen LogP contribution in [0.4, 0.5) is 4.79 Å². The summed E-state index contributed by atoms with van der Waals surface area (Å²) in [7, 11) is -2.74. The van der Waals surface area contributed by atoms with Gasteiger partial charge in [0.2, 0.25) is 0 Å². The van der Waals surface area contributed by atoms with Crippen molar-refractivity contribution >= 4 is 24.8 Å². The topological polar surface area (TPSA) is 63.2 Å². The highest BCUT2D eigenvalue weighted by molar-refractivity contribution is 6.99. The van der Waals surface area contributed by atoms with Gasteiger partial charge in [0.05, 0.1) is 6.61 Å². The Balaban J connectivity index is 1.69. The van der Waals surface area contributed by atoms with Gasteiger partial charge in [-0.15, -0.1) is 0 Å². The predicted molar refractivity (Wildman–Crippen MR) is 124 cm³/mol. The van der Waals surface area contributed by atoms with E-state index in [4.69, 9.17) is 23.4 Å². The molecule has 0 spiro atoms. The van der Waals surface area contributed by atoms with Gasteiger partial charge in [0.25, 0.3) is 8.32 Å². The fraction of sp³-hybridized carbons (Fsp3) is 0.480. The van der Waals surface area contributed by atoms with Crippen LogP contribution in [0, 0.1) is 0 Å². The molecule has 172 valence electrons. The second kappa shape index (κ2) is 9.35. The van der Waals surface area contributed by atoms with Crippen LogP contribution in [0.3, 0.4) is 0 Å². The van der Waals surface area contributed by atoms with E-state index >= 15 is 0 Å². The van der Waals surface area contributed by atoms with Gasteiger partial charge >= 0.3 is 6.16 Å². The zero-order valence-electron chi connectivity index (χ0n) is 19.2. The zero-order valence-corrected chi connectivity index (χ0v) is 20.2. The maximum Gasteiger partial charge on any atom is 0.509 e. The van der Waals surface area contributed by atoms with Crippen molar-refractivity contribution in [3.63, 3.8) is 0 Å². The molecule has 0 aliphatic carbocycles. The first-order valence-electron chi connectivity index (χ1n) is 11.2. The third-order valence-electron chi connectivity index (χ3n) is 6.20. The Kier molecular flexibility index (Phi) is 6.72. The molecular formula is C25H32O6Si. The van der Waals surface area contributed by atoms with Gasteiger partial charge in [-0.1, -0.05) is 81.4 Å². The van der Waals surface area contributed by atoms with Crippen molar-refractivity contribution in [1.82, 2.24) is 0 Å². The summed E-state index contributed by atoms with van der Waals surface area (Å²) < 4.78 is 29.7. The minimum atomic E-state index is -2.74. The Morgan fingerprint density at radius 1 is 0.969 bits per heavy atom. The van der Waals surface area contributed by atoms with Crippen molar-refractivity contribution < 1.29 is 28.2 Å². The van der Waals surface area contributed by atoms with Gasteiger partial charge in [0.1, 0.15) is 12.2 Å². The molecule has 2 aliphatic heterocycles. The van der Waals surface area contributed by atoms with Crippen LogP contribution in [0.15, 0.2) is 60.7 Å². The molecule has 2 fully saturated rings. The van der Waals surface area contributed by atoms with Crippen molar-refractivity contribution in [2.24, 2.45) is 0 Å². The molecule has 32 heavy (non-hydrogen) atoms. The van der Waals surface area contributed by atoms with Gasteiger partial charge in [0, 0.05) is 13.0 Å². The molecule has 2 aromatic carbocycles. The SMILES string of the molecule is CCOC1C[C@@H]2OC(=O)O[C@@H]2[C@@H](CO[Si](c2ccccc2)(c2ccccc2)C(C)(C)C)O1. The molecule has 2 saturated heterocycles. The van der Waals surface area contributed by atoms with Crippen LogP contribution in [0.2, 0.25) is 5.04 Å². The summed E-state index contributed by atoms with van der Waals surface area (Å²) in [5.41, 5.74) is 0. The van der Waals surface area contributed by atoms with E-state index in [1.54, 1.807) is 0 Å². The van der Waals surface area contributed by atoms with Crippen LogP contribution in [0.1, 0.15) is 34.1 Å². The lowest BCUT2D eigenvalue weighted by atomic mass is 10.0. The van der Waals surface area contributed by atoms with Crippen LogP contribution in [-0.2, 0) is 23.4 Å². The summed E-state index contributed by atoms with van der Waals surface area (Å²) in [6.07, 6.45) is -2.02. The van der Waals surface area contributed by atoms with Gasteiger partial charge in [-0.2, -0.15) is 0 Å². The van der Waals surface area contributed by atoms with Crippen molar-refractivity contribution in [3.05, 3.63) is 60.7 Å². The standard InChI is InChI=1S/C25H32O6Si/c1-5-27-22-16-20-23(31-24(26)30-20)21(29-22)17-28-32(25(2,3)4,18-12-8-6-9-13-18)19-14-10-7-11-15-19/h6-15,20-23H,5,16-17H2,1-4H3/t20-,21+,22?,23-/m0/s1. The lowest BCUT2D eigenvalue weighted by molar-refractivity contribution is -0.234. The van der Waals surface area contributed by atoms with Crippen LogP contribution in [0.5, 0.6) is 0 Å². The van der Waals surface area contributed by atoms with Crippen LogP contribution < -0.4 is 10.4 Å². The molecule has 0 bridgehead atoms. The largest absolute Gasteiger partial charge is 0.509 e. The summed E-state index contributed by atoms with van der Waals surface area (Å²) in [6.45, 7) is 9.39. The molecule has 2 aromatic rings. The molecule has 0 amide bonds. The molecule has 0 aromatic heterocycles. The lowest BCUT2D eigenvalue weighted by Gasteiger charge is -2.44. The minimum Gasteiger partial charge on any atom is -0.427 e. The number of hydrogen-bond donors (Lipinski definition) is 0. The van der Waals surface area contributed by atoms with E-state index in [0.717, 1.165) is 0 Å². The normalized spacial score (nSPS) is 25.7. The molecule has 6 nitrogen and oxygen atoms in total. The van der Waals surface area contributed by atoms with E-state index in [1.807, 2.05) is 19.1 Å². The molecule has 2 heterocycles. The van der Waals surface area contributed by atoms with Crippen LogP contribution >= 0.6 is 0 Å². The summed E-state index contributed by atoms with van der Waals surface area (Å²) in [5.74, 6) is 0. The Morgan fingerprint density at radius 3 is 2.09 bits per heavy atom. The van der Waals surface area contributed by atoms with E-state index in [-0.39, 0.29) is 17.7 Å². The Morgan fingerprint density at radius 2 is 1.56 bits per heavy atom. The predicted octanol–water partition coefficient (Wildman–Crippen LogP) is 3.62. The number of fused-ring (bicyclic) bond motifs is 1. The van der Waals surface area contributed by atoms with E-state index in [2.05, 4.69) is 69.3 Å². The van der Waals surface area contributed by atoms with Crippen molar-refractivity contribution in [3.8, 4) is 0 Å². The monoisotopic (exact) mass is 456 g/mol. The molecular weight excluding hydrogens is 424 g/mol. The highest BCUT2D eigenvalue weighted by atomic mass is 28.4. The summed E-state index contributed by atoms with van der Waals surface area (Å²) >= 11 is 0. The van der Waals surface area contributed by atoms with Gasteiger partial charge in [0.15, 0.2) is 12.4 Å². The minimum absolute atomic E-state index is 0.161. The second-order valence-corrected chi connectivity index (χ2v) is 13.6. The average Bonchev–Trinajstić information content (AvgIpc) is 3.15. The van der Waals surface area contributed by atoms with Crippen molar-refractivity contribution in [2.75, 3.05) is 13.2 Å². The van der Waals surface area contributed by atoms with Crippen LogP contribution in [-0.4, -0.2) is 52.3 Å². The molecule has 2 aliphatic rings. The molecule has 7 heteroatoms. The average molecular weight is 457 g/mol. The third-order valence-corrected chi connectivity index (χ3v) is 11.2. The fourth-order valence-corrected chi connectivity index (χ4v) is 9.39. The molecule has 1 unspecified atom stereocenters. The molecule has 0 radical (unpaired) electrons. The molecule has 4 rings (SSSR count). The van der Waals surface area contributed by atoms with Gasteiger partial charge in [-0.25, -0.2) is 4.79 Å². The van der Waals surface area contributed by atoms with Gasteiger partial charge in [-0.3, -0.25) is 0 Å². The first-order valence-corrected chi connectivity index (χ1v) is 13.2. The first-order chi connectivity index (χ1) is 15.3. The zero-order chi connectivity index (χ0) is 22.8. The maximum atomic E-state index is 11.8. The van der Waals surface area contributed by atoms with E-state index in [1.165, 1.54) is 10.4 Å². The highest BCUT2D eigenvalue weighted by Gasteiger charge is 2.53. The maximum absolute atomic E-state index is 11.8. The fourth-order valence-electron chi connectivity index (χ4n) is 4.82. The number of ether oxygens (including phenoxy) is 4. The third kappa shape index (κ3) is 4.35. The smallest absolute Gasteiger partial charge is 0.427 e. The molecule has 4 atom stereocenters. The first kappa shape index (κ1) is 23.0. The van der Waals surface area contributed by atoms with Crippen molar-refractivity contribution in [2.45, 2.75) is 63.8 Å². The van der Waals surface area contributed by atoms with Gasteiger partial charge < -0.3 is 23.4 Å². The highest BCUT2D eigenvalue weighted by Crippen LogP contribution is 2.38. The van der Waals surface area contributed by atoms with Crippen molar-refractivity contribution in [1.29, 1.82) is 0 Å². The number of rotatable bonds is 7. The Labute approximate surface area is 190 Å². The van der Waals surface area contributed by atoms with Gasteiger partial charge in [-0.05, 0) is 22.3 Å². The quantitative estimate of drug-likeness (QED) is 0.468. The lowest BCUT2D eigenvalue weighted by Crippen LogP contribution is -2.67. The summed E-state index contributed by atoms with van der Waals surface area (Å²) in [5, 5.41) is 2.21.